The summed E-state index contributed by atoms with van der Waals surface area (Å²) in [5.74, 6) is 2.43. The van der Waals surface area contributed by atoms with Crippen LogP contribution in [0.15, 0.2) is 24.3 Å². The van der Waals surface area contributed by atoms with Crippen LogP contribution in [0.2, 0.25) is 0 Å². The van der Waals surface area contributed by atoms with Gasteiger partial charge in [-0.1, -0.05) is 18.2 Å². The maximum atomic E-state index is 12.9. The SMILES string of the molecule is Cc1ccccc1OCCCN(C)C(=O)CC12C[C@@H]3C[C@H](CC(O)(C3)C1)C2. The van der Waals surface area contributed by atoms with Crippen molar-refractivity contribution in [2.75, 3.05) is 20.2 Å². The molecule has 0 saturated heterocycles. The number of amides is 1. The minimum absolute atomic E-state index is 0.0574. The van der Waals surface area contributed by atoms with Crippen molar-refractivity contribution in [1.29, 1.82) is 0 Å². The molecule has 0 unspecified atom stereocenters. The summed E-state index contributed by atoms with van der Waals surface area (Å²) in [6.07, 6.45) is 7.75. The predicted molar refractivity (Wildman–Crippen MR) is 106 cm³/mol. The highest BCUT2D eigenvalue weighted by Crippen LogP contribution is 2.62. The molecular weight excluding hydrogens is 338 g/mol. The summed E-state index contributed by atoms with van der Waals surface area (Å²) in [5.41, 5.74) is 0.716. The number of hydrogen-bond acceptors (Lipinski definition) is 3. The van der Waals surface area contributed by atoms with Crippen molar-refractivity contribution in [1.82, 2.24) is 4.90 Å². The smallest absolute Gasteiger partial charge is 0.222 e. The van der Waals surface area contributed by atoms with Gasteiger partial charge in [-0.25, -0.2) is 0 Å². The van der Waals surface area contributed by atoms with Crippen molar-refractivity contribution >= 4 is 5.91 Å². The summed E-state index contributed by atoms with van der Waals surface area (Å²) in [6, 6.07) is 8.03. The Morgan fingerprint density at radius 3 is 2.59 bits per heavy atom. The van der Waals surface area contributed by atoms with Crippen LogP contribution in [0.25, 0.3) is 0 Å². The van der Waals surface area contributed by atoms with E-state index in [1.807, 2.05) is 43.1 Å². The van der Waals surface area contributed by atoms with Crippen molar-refractivity contribution in [3.05, 3.63) is 29.8 Å². The molecule has 4 aliphatic carbocycles. The average Bonchev–Trinajstić information content (AvgIpc) is 2.57. The maximum Gasteiger partial charge on any atom is 0.222 e. The molecule has 27 heavy (non-hydrogen) atoms. The number of ether oxygens (including phenoxy) is 1. The molecule has 1 aromatic carbocycles. The summed E-state index contributed by atoms with van der Waals surface area (Å²) >= 11 is 0. The zero-order valence-corrected chi connectivity index (χ0v) is 16.7. The van der Waals surface area contributed by atoms with Gasteiger partial charge in [0.25, 0.3) is 0 Å². The first-order valence-electron chi connectivity index (χ1n) is 10.5. The molecule has 4 nitrogen and oxygen atoms in total. The van der Waals surface area contributed by atoms with E-state index in [1.54, 1.807) is 0 Å². The van der Waals surface area contributed by atoms with Crippen molar-refractivity contribution < 1.29 is 14.6 Å². The Bertz CT molecular complexity index is 687. The zero-order valence-electron chi connectivity index (χ0n) is 16.7. The van der Waals surface area contributed by atoms with Crippen molar-refractivity contribution in [2.24, 2.45) is 17.3 Å². The van der Waals surface area contributed by atoms with Gasteiger partial charge in [0.15, 0.2) is 0 Å². The molecule has 4 aliphatic rings. The van der Waals surface area contributed by atoms with Gasteiger partial charge in [0, 0.05) is 20.0 Å². The Kier molecular flexibility index (Phi) is 4.96. The first-order chi connectivity index (χ1) is 12.9. The summed E-state index contributed by atoms with van der Waals surface area (Å²) in [5, 5.41) is 10.9. The standard InChI is InChI=1S/C23H33NO3/c1-17-6-3-4-7-20(17)27-9-5-8-24(2)21(25)15-22-11-18-10-19(12-22)14-23(26,13-18)16-22/h3-4,6-7,18-19,26H,5,8-16H2,1-2H3/t18-,19-,22?,23?/m0/s1. The van der Waals surface area contributed by atoms with Crippen molar-refractivity contribution in [3.63, 3.8) is 0 Å². The normalized spacial score (nSPS) is 33.9. The fourth-order valence-electron chi connectivity index (χ4n) is 6.39. The van der Waals surface area contributed by atoms with E-state index in [0.29, 0.717) is 24.9 Å². The van der Waals surface area contributed by atoms with Crippen LogP contribution in [0.3, 0.4) is 0 Å². The molecule has 5 rings (SSSR count). The van der Waals surface area contributed by atoms with Crippen LogP contribution >= 0.6 is 0 Å². The molecule has 1 amide bonds. The Labute approximate surface area is 162 Å². The highest BCUT2D eigenvalue weighted by molar-refractivity contribution is 5.76. The largest absolute Gasteiger partial charge is 0.493 e. The lowest BCUT2D eigenvalue weighted by molar-refractivity contribution is -0.171. The minimum atomic E-state index is -0.482. The molecule has 4 fully saturated rings. The van der Waals surface area contributed by atoms with Crippen molar-refractivity contribution in [3.8, 4) is 5.75 Å². The zero-order chi connectivity index (χ0) is 19.1. The fourth-order valence-corrected chi connectivity index (χ4v) is 6.39. The molecule has 4 heteroatoms. The monoisotopic (exact) mass is 371 g/mol. The quantitative estimate of drug-likeness (QED) is 0.739. The maximum absolute atomic E-state index is 12.9. The van der Waals surface area contributed by atoms with Gasteiger partial charge in [0.1, 0.15) is 5.75 Å². The Hall–Kier alpha value is -1.55. The fraction of sp³-hybridized carbons (Fsp3) is 0.696. The predicted octanol–water partition coefficient (Wildman–Crippen LogP) is 3.94. The number of benzene rings is 1. The van der Waals surface area contributed by atoms with E-state index in [9.17, 15) is 9.90 Å². The van der Waals surface area contributed by atoms with Crippen LogP contribution in [0.1, 0.15) is 56.9 Å². The molecular formula is C23H33NO3. The van der Waals surface area contributed by atoms with Crippen LogP contribution in [0, 0.1) is 24.2 Å². The molecule has 4 bridgehead atoms. The Morgan fingerprint density at radius 1 is 1.22 bits per heavy atom. The number of hydrogen-bond donors (Lipinski definition) is 1. The van der Waals surface area contributed by atoms with E-state index in [4.69, 9.17) is 4.74 Å². The third kappa shape index (κ3) is 4.01. The number of aliphatic hydroxyl groups is 1. The molecule has 1 N–H and O–H groups in total. The van der Waals surface area contributed by atoms with Gasteiger partial charge in [-0.2, -0.15) is 0 Å². The van der Waals surface area contributed by atoms with E-state index in [0.717, 1.165) is 56.4 Å². The molecule has 0 aliphatic heterocycles. The van der Waals surface area contributed by atoms with Crippen LogP contribution in [-0.2, 0) is 4.79 Å². The Morgan fingerprint density at radius 2 is 1.93 bits per heavy atom. The lowest BCUT2D eigenvalue weighted by atomic mass is 9.47. The molecule has 0 heterocycles. The van der Waals surface area contributed by atoms with E-state index in [-0.39, 0.29) is 11.3 Å². The van der Waals surface area contributed by atoms with Gasteiger partial charge in [0.2, 0.25) is 5.91 Å². The molecule has 0 spiro atoms. The van der Waals surface area contributed by atoms with Crippen LogP contribution in [0.5, 0.6) is 5.75 Å². The number of nitrogens with zero attached hydrogens (tertiary/aromatic N) is 1. The highest BCUT2D eigenvalue weighted by atomic mass is 16.5. The molecule has 2 atom stereocenters. The lowest BCUT2D eigenvalue weighted by Gasteiger charge is -2.60. The van der Waals surface area contributed by atoms with Gasteiger partial charge in [-0.3, -0.25) is 4.79 Å². The average molecular weight is 372 g/mol. The summed E-state index contributed by atoms with van der Waals surface area (Å²) < 4.78 is 5.84. The molecule has 148 valence electrons. The van der Waals surface area contributed by atoms with Crippen LogP contribution < -0.4 is 4.74 Å². The van der Waals surface area contributed by atoms with E-state index < -0.39 is 5.60 Å². The second kappa shape index (κ2) is 7.12. The number of carbonyl (C=O) groups is 1. The molecule has 4 saturated carbocycles. The van der Waals surface area contributed by atoms with Crippen LogP contribution in [0.4, 0.5) is 0 Å². The third-order valence-electron chi connectivity index (χ3n) is 7.09. The lowest BCUT2D eigenvalue weighted by Crippen LogP contribution is -2.56. The number of para-hydroxylation sites is 1. The molecule has 1 aromatic rings. The van der Waals surface area contributed by atoms with Gasteiger partial charge < -0.3 is 14.7 Å². The summed E-state index contributed by atoms with van der Waals surface area (Å²) in [7, 11) is 1.91. The van der Waals surface area contributed by atoms with Gasteiger partial charge in [-0.15, -0.1) is 0 Å². The second-order valence-electron chi connectivity index (χ2n) is 9.64. The first-order valence-corrected chi connectivity index (χ1v) is 10.5. The van der Waals surface area contributed by atoms with Crippen LogP contribution in [-0.4, -0.2) is 41.7 Å². The van der Waals surface area contributed by atoms with Gasteiger partial charge in [0.05, 0.1) is 12.2 Å². The number of carbonyl (C=O) groups excluding carboxylic acids is 1. The topological polar surface area (TPSA) is 49.8 Å². The second-order valence-corrected chi connectivity index (χ2v) is 9.64. The van der Waals surface area contributed by atoms with Crippen molar-refractivity contribution in [2.45, 2.75) is 63.9 Å². The first kappa shape index (κ1) is 18.8. The third-order valence-corrected chi connectivity index (χ3v) is 7.09. The van der Waals surface area contributed by atoms with E-state index in [2.05, 4.69) is 0 Å². The number of rotatable bonds is 7. The summed E-state index contributed by atoms with van der Waals surface area (Å²) in [6.45, 7) is 3.39. The molecule has 0 aromatic heterocycles. The molecule has 0 radical (unpaired) electrons. The highest BCUT2D eigenvalue weighted by Gasteiger charge is 2.57. The van der Waals surface area contributed by atoms with Gasteiger partial charge in [-0.05, 0) is 80.8 Å². The van der Waals surface area contributed by atoms with E-state index >= 15 is 0 Å². The summed E-state index contributed by atoms with van der Waals surface area (Å²) in [4.78, 5) is 14.7. The van der Waals surface area contributed by atoms with Gasteiger partial charge >= 0.3 is 0 Å². The minimum Gasteiger partial charge on any atom is -0.493 e. The Balaban J connectivity index is 1.26. The number of aryl methyl sites for hydroxylation is 1. The van der Waals surface area contributed by atoms with E-state index in [1.165, 1.54) is 6.42 Å².